The Labute approximate surface area is 150 Å². The summed E-state index contributed by atoms with van der Waals surface area (Å²) in [6, 6.07) is 16.7. The van der Waals surface area contributed by atoms with E-state index >= 15 is 0 Å². The lowest BCUT2D eigenvalue weighted by Crippen LogP contribution is -2.47. The normalized spacial score (nSPS) is 18.1. The number of anilines is 1. The number of aliphatic hydroxyl groups excluding tert-OH is 1. The Morgan fingerprint density at radius 1 is 1.08 bits per heavy atom. The molecule has 1 fully saturated rings. The Balaban J connectivity index is 0.00000208. The minimum Gasteiger partial charge on any atom is -0.495 e. The SMILES string of the molecule is COc1cccc(CO)c1N1CCN(C)CC1c1ccccc1.Cl. The van der Waals surface area contributed by atoms with Crippen molar-refractivity contribution in [3.63, 3.8) is 0 Å². The van der Waals surface area contributed by atoms with E-state index in [0.717, 1.165) is 36.6 Å². The van der Waals surface area contributed by atoms with Gasteiger partial charge in [-0.1, -0.05) is 42.5 Å². The standard InChI is InChI=1S/C19H24N2O2.ClH/c1-20-11-12-21(17(13-20)15-7-4-3-5-8-15)19-16(14-22)9-6-10-18(19)23-2;/h3-10,17,22H,11-14H2,1-2H3;1H. The predicted octanol–water partition coefficient (Wildman–Crippen LogP) is 3.10. The van der Waals surface area contributed by atoms with Gasteiger partial charge in [0.2, 0.25) is 0 Å². The molecule has 0 saturated carbocycles. The topological polar surface area (TPSA) is 35.9 Å². The van der Waals surface area contributed by atoms with Gasteiger partial charge in [-0.05, 0) is 18.7 Å². The first kappa shape index (κ1) is 18.6. The number of halogens is 1. The second kappa shape index (κ2) is 8.38. The molecule has 0 bridgehead atoms. The van der Waals surface area contributed by atoms with Crippen molar-refractivity contribution in [2.75, 3.05) is 38.7 Å². The van der Waals surface area contributed by atoms with E-state index in [1.165, 1.54) is 5.56 Å². The van der Waals surface area contributed by atoms with Crippen LogP contribution in [0.3, 0.4) is 0 Å². The minimum atomic E-state index is 0. The molecule has 0 radical (unpaired) electrons. The van der Waals surface area contributed by atoms with Crippen LogP contribution < -0.4 is 9.64 Å². The second-order valence-electron chi connectivity index (χ2n) is 6.01. The van der Waals surface area contributed by atoms with Crippen molar-refractivity contribution in [3.8, 4) is 5.75 Å². The van der Waals surface area contributed by atoms with Crippen molar-refractivity contribution < 1.29 is 9.84 Å². The van der Waals surface area contributed by atoms with Gasteiger partial charge in [-0.2, -0.15) is 0 Å². The third-order valence-electron chi connectivity index (χ3n) is 4.53. The molecule has 0 aromatic heterocycles. The highest BCUT2D eigenvalue weighted by Crippen LogP contribution is 2.39. The fraction of sp³-hybridized carbons (Fsp3) is 0.368. The van der Waals surface area contributed by atoms with Crippen LogP contribution >= 0.6 is 12.4 Å². The Morgan fingerprint density at radius 2 is 1.83 bits per heavy atom. The number of likely N-dealkylation sites (N-methyl/N-ethyl adjacent to an activating group) is 1. The Bertz CT molecular complexity index is 629. The summed E-state index contributed by atoms with van der Waals surface area (Å²) in [7, 11) is 3.84. The highest BCUT2D eigenvalue weighted by Gasteiger charge is 2.29. The van der Waals surface area contributed by atoms with Crippen molar-refractivity contribution >= 4 is 18.1 Å². The molecule has 1 aliphatic heterocycles. The average Bonchev–Trinajstić information content (AvgIpc) is 2.61. The maximum Gasteiger partial charge on any atom is 0.142 e. The fourth-order valence-electron chi connectivity index (χ4n) is 3.33. The summed E-state index contributed by atoms with van der Waals surface area (Å²) < 4.78 is 5.59. The number of rotatable bonds is 4. The first-order valence-corrected chi connectivity index (χ1v) is 8.01. The van der Waals surface area contributed by atoms with E-state index in [4.69, 9.17) is 4.74 Å². The third kappa shape index (κ3) is 3.66. The molecule has 1 aliphatic rings. The number of para-hydroxylation sites is 1. The largest absolute Gasteiger partial charge is 0.495 e. The van der Waals surface area contributed by atoms with Crippen molar-refractivity contribution in [2.24, 2.45) is 0 Å². The Hall–Kier alpha value is -1.75. The number of hydrogen-bond acceptors (Lipinski definition) is 4. The van der Waals surface area contributed by atoms with Crippen LogP contribution in [0.1, 0.15) is 17.2 Å². The zero-order valence-corrected chi connectivity index (χ0v) is 15.0. The van der Waals surface area contributed by atoms with E-state index < -0.39 is 0 Å². The van der Waals surface area contributed by atoms with Gasteiger partial charge in [-0.15, -0.1) is 12.4 Å². The molecular weight excluding hydrogens is 324 g/mol. The minimum absolute atomic E-state index is 0. The van der Waals surface area contributed by atoms with Crippen LogP contribution in [-0.2, 0) is 6.61 Å². The van der Waals surface area contributed by atoms with Gasteiger partial charge >= 0.3 is 0 Å². The van der Waals surface area contributed by atoms with Crippen molar-refractivity contribution in [2.45, 2.75) is 12.6 Å². The van der Waals surface area contributed by atoms with Crippen LogP contribution in [0.4, 0.5) is 5.69 Å². The molecule has 1 heterocycles. The maximum absolute atomic E-state index is 9.79. The molecule has 0 amide bonds. The zero-order chi connectivity index (χ0) is 16.2. The van der Waals surface area contributed by atoms with Crippen molar-refractivity contribution in [1.82, 2.24) is 4.90 Å². The first-order valence-electron chi connectivity index (χ1n) is 8.01. The van der Waals surface area contributed by atoms with Gasteiger partial charge < -0.3 is 19.6 Å². The molecule has 0 aliphatic carbocycles. The van der Waals surface area contributed by atoms with Gasteiger partial charge in [0.05, 0.1) is 25.4 Å². The molecule has 3 rings (SSSR count). The summed E-state index contributed by atoms with van der Waals surface area (Å²) in [6.07, 6.45) is 0. The Morgan fingerprint density at radius 3 is 2.50 bits per heavy atom. The van der Waals surface area contributed by atoms with Crippen LogP contribution in [0.5, 0.6) is 5.75 Å². The summed E-state index contributed by atoms with van der Waals surface area (Å²) >= 11 is 0. The molecule has 2 aromatic rings. The highest BCUT2D eigenvalue weighted by molar-refractivity contribution is 5.85. The monoisotopic (exact) mass is 348 g/mol. The van der Waals surface area contributed by atoms with E-state index in [1.807, 2.05) is 24.3 Å². The van der Waals surface area contributed by atoms with E-state index in [9.17, 15) is 5.11 Å². The van der Waals surface area contributed by atoms with Crippen molar-refractivity contribution in [3.05, 3.63) is 59.7 Å². The van der Waals surface area contributed by atoms with Gasteiger partial charge in [-0.3, -0.25) is 0 Å². The fourth-order valence-corrected chi connectivity index (χ4v) is 3.33. The van der Waals surface area contributed by atoms with Crippen LogP contribution in [-0.4, -0.2) is 43.8 Å². The van der Waals surface area contributed by atoms with Crippen LogP contribution in [0.25, 0.3) is 0 Å². The lowest BCUT2D eigenvalue weighted by atomic mass is 10.00. The van der Waals surface area contributed by atoms with Gasteiger partial charge in [0, 0.05) is 25.2 Å². The number of benzene rings is 2. The van der Waals surface area contributed by atoms with E-state index in [-0.39, 0.29) is 25.1 Å². The molecule has 5 heteroatoms. The molecule has 0 spiro atoms. The van der Waals surface area contributed by atoms with E-state index in [2.05, 4.69) is 41.1 Å². The van der Waals surface area contributed by atoms with E-state index in [0.29, 0.717) is 0 Å². The summed E-state index contributed by atoms with van der Waals surface area (Å²) in [6.45, 7) is 2.86. The third-order valence-corrected chi connectivity index (χ3v) is 4.53. The molecule has 1 saturated heterocycles. The van der Waals surface area contributed by atoms with Gasteiger partial charge in [0.25, 0.3) is 0 Å². The van der Waals surface area contributed by atoms with E-state index in [1.54, 1.807) is 7.11 Å². The molecule has 2 aromatic carbocycles. The van der Waals surface area contributed by atoms with Crippen LogP contribution in [0.15, 0.2) is 48.5 Å². The first-order chi connectivity index (χ1) is 11.2. The number of ether oxygens (including phenoxy) is 1. The van der Waals surface area contributed by atoms with Crippen molar-refractivity contribution in [1.29, 1.82) is 0 Å². The quantitative estimate of drug-likeness (QED) is 0.921. The second-order valence-corrected chi connectivity index (χ2v) is 6.01. The molecule has 1 unspecified atom stereocenters. The number of methoxy groups -OCH3 is 1. The molecular formula is C19H25ClN2O2. The highest BCUT2D eigenvalue weighted by atomic mass is 35.5. The van der Waals surface area contributed by atoms with Gasteiger partial charge in [0.1, 0.15) is 5.75 Å². The number of hydrogen-bond donors (Lipinski definition) is 1. The zero-order valence-electron chi connectivity index (χ0n) is 14.2. The summed E-state index contributed by atoms with van der Waals surface area (Å²) in [5.41, 5.74) is 3.21. The predicted molar refractivity (Wildman–Crippen MR) is 100 cm³/mol. The number of aliphatic hydroxyl groups is 1. The van der Waals surface area contributed by atoms with Gasteiger partial charge in [0.15, 0.2) is 0 Å². The van der Waals surface area contributed by atoms with Crippen LogP contribution in [0.2, 0.25) is 0 Å². The maximum atomic E-state index is 9.79. The molecule has 1 N–H and O–H groups in total. The number of nitrogens with zero attached hydrogens (tertiary/aromatic N) is 2. The Kier molecular flexibility index (Phi) is 6.49. The summed E-state index contributed by atoms with van der Waals surface area (Å²) in [5, 5.41) is 9.79. The molecule has 1 atom stereocenters. The van der Waals surface area contributed by atoms with Gasteiger partial charge in [-0.25, -0.2) is 0 Å². The van der Waals surface area contributed by atoms with Crippen LogP contribution in [0, 0.1) is 0 Å². The smallest absolute Gasteiger partial charge is 0.142 e. The lowest BCUT2D eigenvalue weighted by Gasteiger charge is -2.43. The summed E-state index contributed by atoms with van der Waals surface area (Å²) in [5.74, 6) is 0.821. The number of piperazine rings is 1. The summed E-state index contributed by atoms with van der Waals surface area (Å²) in [4.78, 5) is 4.72. The average molecular weight is 349 g/mol. The molecule has 24 heavy (non-hydrogen) atoms. The molecule has 4 nitrogen and oxygen atoms in total. The molecule has 130 valence electrons. The lowest BCUT2D eigenvalue weighted by molar-refractivity contribution is 0.262.